The van der Waals surface area contributed by atoms with Gasteiger partial charge in [0.15, 0.2) is 0 Å². The van der Waals surface area contributed by atoms with Crippen LogP contribution in [-0.4, -0.2) is 22.4 Å². The summed E-state index contributed by atoms with van der Waals surface area (Å²) < 4.78 is 2.08. The zero-order valence-corrected chi connectivity index (χ0v) is 10.2. The maximum absolute atomic E-state index is 8.51. The fraction of sp³-hybridized carbons (Fsp3) is 0.692. The Labute approximate surface area is 103 Å². The Kier molecular flexibility index (Phi) is 4.57. The summed E-state index contributed by atoms with van der Waals surface area (Å²) in [5.41, 5.74) is 0. The first-order valence-corrected chi connectivity index (χ1v) is 6.51. The molecule has 1 aromatic rings. The Hall–Kier alpha value is -1.34. The van der Waals surface area contributed by atoms with Crippen LogP contribution in [0.15, 0.2) is 18.5 Å². The molecule has 0 saturated heterocycles. The van der Waals surface area contributed by atoms with E-state index in [-0.39, 0.29) is 0 Å². The first kappa shape index (κ1) is 12.1. The lowest BCUT2D eigenvalue weighted by atomic mass is 9.90. The van der Waals surface area contributed by atoms with Crippen molar-refractivity contribution >= 4 is 0 Å². The fourth-order valence-electron chi connectivity index (χ4n) is 2.60. The van der Waals surface area contributed by atoms with Gasteiger partial charge in [-0.3, -0.25) is 4.68 Å². The van der Waals surface area contributed by atoms with E-state index in [1.54, 1.807) is 0 Å². The van der Waals surface area contributed by atoms with Crippen LogP contribution >= 0.6 is 0 Å². The lowest BCUT2D eigenvalue weighted by molar-refractivity contribution is 0.247. The quantitative estimate of drug-likeness (QED) is 0.792. The third-order valence-corrected chi connectivity index (χ3v) is 3.47. The minimum absolute atomic E-state index is 0.487. The van der Waals surface area contributed by atoms with Crippen molar-refractivity contribution in [3.63, 3.8) is 0 Å². The normalized spacial score (nSPS) is 24.4. The van der Waals surface area contributed by atoms with Crippen molar-refractivity contribution < 1.29 is 0 Å². The lowest BCUT2D eigenvalue weighted by Crippen LogP contribution is -2.40. The number of nitriles is 1. The fourth-order valence-corrected chi connectivity index (χ4v) is 2.60. The van der Waals surface area contributed by atoms with Gasteiger partial charge in [-0.2, -0.15) is 10.4 Å². The third-order valence-electron chi connectivity index (χ3n) is 3.47. The van der Waals surface area contributed by atoms with Gasteiger partial charge in [-0.15, -0.1) is 0 Å². The first-order chi connectivity index (χ1) is 8.42. The molecule has 4 nitrogen and oxygen atoms in total. The summed E-state index contributed by atoms with van der Waals surface area (Å²) in [5.74, 6) is 0. The Balaban J connectivity index is 1.87. The van der Waals surface area contributed by atoms with Gasteiger partial charge in [0.2, 0.25) is 0 Å². The van der Waals surface area contributed by atoms with E-state index in [2.05, 4.69) is 27.4 Å². The summed E-state index contributed by atoms with van der Waals surface area (Å²) in [6, 6.07) is 5.18. The highest BCUT2D eigenvalue weighted by molar-refractivity contribution is 4.89. The lowest BCUT2D eigenvalue weighted by Gasteiger charge is -2.32. The van der Waals surface area contributed by atoms with Crippen molar-refractivity contribution in [1.82, 2.24) is 15.1 Å². The Morgan fingerprint density at radius 3 is 3.06 bits per heavy atom. The molecule has 0 radical (unpaired) electrons. The predicted molar refractivity (Wildman–Crippen MR) is 66.4 cm³/mol. The summed E-state index contributed by atoms with van der Waals surface area (Å²) in [6.07, 6.45) is 10.5. The molecule has 2 rings (SSSR count). The van der Waals surface area contributed by atoms with Crippen LogP contribution in [0.2, 0.25) is 0 Å². The van der Waals surface area contributed by atoms with Crippen LogP contribution in [0.3, 0.4) is 0 Å². The summed E-state index contributed by atoms with van der Waals surface area (Å²) in [6.45, 7) is 0.940. The molecular weight excluding hydrogens is 212 g/mol. The molecule has 1 saturated carbocycles. The second-order valence-electron chi connectivity index (χ2n) is 4.66. The Morgan fingerprint density at radius 2 is 2.29 bits per heavy atom. The molecule has 1 N–H and O–H groups in total. The molecule has 1 fully saturated rings. The summed E-state index contributed by atoms with van der Waals surface area (Å²) in [5, 5.41) is 16.5. The first-order valence-electron chi connectivity index (χ1n) is 6.51. The van der Waals surface area contributed by atoms with E-state index in [0.717, 1.165) is 13.0 Å². The van der Waals surface area contributed by atoms with E-state index in [0.29, 0.717) is 18.5 Å². The van der Waals surface area contributed by atoms with Gasteiger partial charge in [-0.25, -0.2) is 0 Å². The number of hydrogen-bond acceptors (Lipinski definition) is 3. The predicted octanol–water partition coefficient (Wildman–Crippen LogP) is 2.26. The summed E-state index contributed by atoms with van der Waals surface area (Å²) in [4.78, 5) is 0. The molecule has 0 aromatic carbocycles. The summed E-state index contributed by atoms with van der Waals surface area (Å²) >= 11 is 0. The van der Waals surface area contributed by atoms with Crippen LogP contribution in [0.5, 0.6) is 0 Å². The molecule has 0 spiro atoms. The molecular formula is C13H20N4. The van der Waals surface area contributed by atoms with Crippen LogP contribution in [0.1, 0.15) is 44.6 Å². The van der Waals surface area contributed by atoms with Crippen LogP contribution < -0.4 is 5.32 Å². The van der Waals surface area contributed by atoms with Crippen molar-refractivity contribution in [2.24, 2.45) is 0 Å². The molecule has 1 heterocycles. The largest absolute Gasteiger partial charge is 0.312 e. The average Bonchev–Trinajstić information content (AvgIpc) is 2.89. The molecule has 0 aliphatic heterocycles. The van der Waals surface area contributed by atoms with Crippen molar-refractivity contribution in [2.45, 2.75) is 50.6 Å². The number of rotatable bonds is 5. The van der Waals surface area contributed by atoms with Crippen molar-refractivity contribution in [1.29, 1.82) is 5.26 Å². The van der Waals surface area contributed by atoms with Crippen LogP contribution in [0.25, 0.3) is 0 Å². The number of aromatic nitrogens is 2. The van der Waals surface area contributed by atoms with Crippen LogP contribution in [0.4, 0.5) is 0 Å². The molecule has 0 unspecified atom stereocenters. The zero-order valence-electron chi connectivity index (χ0n) is 10.2. The van der Waals surface area contributed by atoms with E-state index in [9.17, 15) is 0 Å². The minimum Gasteiger partial charge on any atom is -0.312 e. The van der Waals surface area contributed by atoms with Crippen molar-refractivity contribution in [2.75, 3.05) is 6.54 Å². The minimum atomic E-state index is 0.487. The molecule has 0 bridgehead atoms. The van der Waals surface area contributed by atoms with Gasteiger partial charge in [0.1, 0.15) is 0 Å². The van der Waals surface area contributed by atoms with Gasteiger partial charge in [0.05, 0.1) is 12.1 Å². The molecule has 1 aliphatic rings. The zero-order chi connectivity index (χ0) is 11.9. The highest BCUT2D eigenvalue weighted by atomic mass is 15.3. The van der Waals surface area contributed by atoms with Crippen LogP contribution in [-0.2, 0) is 0 Å². The average molecular weight is 232 g/mol. The molecule has 4 heteroatoms. The highest BCUT2D eigenvalue weighted by Crippen LogP contribution is 2.27. The highest BCUT2D eigenvalue weighted by Gasteiger charge is 2.25. The van der Waals surface area contributed by atoms with Crippen molar-refractivity contribution in [3.05, 3.63) is 18.5 Å². The number of unbranched alkanes of at least 4 members (excludes halogenated alkanes) is 1. The van der Waals surface area contributed by atoms with Gasteiger partial charge in [-0.1, -0.05) is 12.8 Å². The molecule has 0 amide bonds. The van der Waals surface area contributed by atoms with E-state index in [4.69, 9.17) is 5.26 Å². The number of nitrogens with one attached hydrogen (secondary N) is 1. The molecule has 1 aliphatic carbocycles. The Bertz CT molecular complexity index is 352. The van der Waals surface area contributed by atoms with Gasteiger partial charge < -0.3 is 5.32 Å². The van der Waals surface area contributed by atoms with E-state index in [1.165, 1.54) is 25.7 Å². The van der Waals surface area contributed by atoms with Crippen LogP contribution in [0, 0.1) is 11.3 Å². The van der Waals surface area contributed by atoms with Gasteiger partial charge >= 0.3 is 0 Å². The maximum Gasteiger partial charge on any atom is 0.0672 e. The third kappa shape index (κ3) is 3.31. The molecule has 1 aromatic heterocycles. The van der Waals surface area contributed by atoms with Gasteiger partial charge in [0.25, 0.3) is 0 Å². The standard InChI is InChI=1S/C13H20N4/c14-8-3-4-9-15-12-6-1-2-7-13(12)17-11-5-10-16-17/h5,10-13,15H,1-4,6-7,9H2/t12-,13+/m0/s1. The van der Waals surface area contributed by atoms with E-state index >= 15 is 0 Å². The molecule has 2 atom stereocenters. The van der Waals surface area contributed by atoms with E-state index in [1.807, 2.05) is 12.3 Å². The van der Waals surface area contributed by atoms with Gasteiger partial charge in [-0.05, 0) is 31.9 Å². The summed E-state index contributed by atoms with van der Waals surface area (Å²) in [7, 11) is 0. The second kappa shape index (κ2) is 6.41. The smallest absolute Gasteiger partial charge is 0.0672 e. The molecule has 17 heavy (non-hydrogen) atoms. The maximum atomic E-state index is 8.51. The Morgan fingerprint density at radius 1 is 1.41 bits per heavy atom. The molecule has 92 valence electrons. The van der Waals surface area contributed by atoms with Gasteiger partial charge in [0, 0.05) is 24.9 Å². The number of hydrogen-bond donors (Lipinski definition) is 1. The monoisotopic (exact) mass is 232 g/mol. The SMILES string of the molecule is N#CCCCN[C@H]1CCCC[C@H]1n1cccn1. The van der Waals surface area contributed by atoms with Crippen molar-refractivity contribution in [3.8, 4) is 6.07 Å². The second-order valence-corrected chi connectivity index (χ2v) is 4.66. The number of nitrogens with zero attached hydrogens (tertiary/aromatic N) is 3. The topological polar surface area (TPSA) is 53.6 Å². The van der Waals surface area contributed by atoms with E-state index < -0.39 is 0 Å².